The Bertz CT molecular complexity index is 1370. The molecule has 0 aliphatic carbocycles. The summed E-state index contributed by atoms with van der Waals surface area (Å²) in [5.74, 6) is 0. The van der Waals surface area contributed by atoms with Crippen LogP contribution in [0.3, 0.4) is 0 Å². The molecule has 1 aromatic heterocycles. The zero-order chi connectivity index (χ0) is 30.8. The summed E-state index contributed by atoms with van der Waals surface area (Å²) in [5.41, 5.74) is 7.16. The molecule has 0 bridgehead atoms. The second-order valence-corrected chi connectivity index (χ2v) is 14.2. The molecule has 0 atom stereocenters. The molecule has 0 unspecified atom stereocenters. The third-order valence-electron chi connectivity index (χ3n) is 8.82. The Hall–Kier alpha value is -2.04. The Kier molecular flexibility index (Phi) is 16.0. The fourth-order valence-corrected chi connectivity index (χ4v) is 6.95. The van der Waals surface area contributed by atoms with Crippen LogP contribution in [0.2, 0.25) is 0 Å². The van der Waals surface area contributed by atoms with Gasteiger partial charge >= 0.3 is 0 Å². The van der Waals surface area contributed by atoms with E-state index < -0.39 is 0 Å². The van der Waals surface area contributed by atoms with E-state index in [2.05, 4.69) is 87.3 Å². The molecule has 4 rings (SSSR count). The number of unbranched alkanes of at least 4 members (excludes halogenated alkanes) is 17. The molecule has 0 aliphatic heterocycles. The highest BCUT2D eigenvalue weighted by molar-refractivity contribution is 9.11. The Balaban J connectivity index is 1.14. The molecule has 2 nitrogen and oxygen atoms in total. The molecule has 236 valence electrons. The lowest BCUT2D eigenvalue weighted by atomic mass is 10.00. The number of halogens is 2. The summed E-state index contributed by atoms with van der Waals surface area (Å²) in [6.45, 7) is 2.30. The summed E-state index contributed by atoms with van der Waals surface area (Å²) in [7, 11) is 0. The van der Waals surface area contributed by atoms with Crippen LogP contribution in [0.15, 0.2) is 75.7 Å². The summed E-state index contributed by atoms with van der Waals surface area (Å²) in [6.07, 6.45) is 26.6. The van der Waals surface area contributed by atoms with Crippen molar-refractivity contribution in [3.05, 3.63) is 81.2 Å². The van der Waals surface area contributed by atoms with Crippen LogP contribution >= 0.6 is 31.9 Å². The fourth-order valence-electron chi connectivity index (χ4n) is 6.13. The highest BCUT2D eigenvalue weighted by Crippen LogP contribution is 2.35. The van der Waals surface area contributed by atoms with Crippen LogP contribution in [0, 0.1) is 0 Å². The Morgan fingerprint density at radius 2 is 0.818 bits per heavy atom. The van der Waals surface area contributed by atoms with E-state index in [1.54, 1.807) is 0 Å². The van der Waals surface area contributed by atoms with Gasteiger partial charge < -0.3 is 0 Å². The number of aryl methyl sites for hydroxylation is 1. The number of hydrogen-bond acceptors (Lipinski definition) is 2. The molecule has 1 heterocycles. The molecular weight excluding hydrogens is 668 g/mol. The number of fused-ring (bicyclic) bond motifs is 1. The Morgan fingerprint density at radius 1 is 0.432 bits per heavy atom. The maximum Gasteiger partial charge on any atom is 0.105 e. The van der Waals surface area contributed by atoms with Crippen molar-refractivity contribution in [2.45, 2.75) is 129 Å². The van der Waals surface area contributed by atoms with E-state index in [1.807, 2.05) is 18.2 Å². The third kappa shape index (κ3) is 11.4. The average molecular weight is 721 g/mol. The topological polar surface area (TPSA) is 25.8 Å². The van der Waals surface area contributed by atoms with Crippen LogP contribution in [0.5, 0.6) is 0 Å². The normalized spacial score (nSPS) is 11.4. The lowest BCUT2D eigenvalue weighted by Gasteiger charge is -2.13. The van der Waals surface area contributed by atoms with Gasteiger partial charge in [0.15, 0.2) is 0 Å². The van der Waals surface area contributed by atoms with Gasteiger partial charge in [0.1, 0.15) is 11.0 Å². The maximum absolute atomic E-state index is 5.13. The third-order valence-corrected chi connectivity index (χ3v) is 10.1. The largest absolute Gasteiger partial charge is 0.243 e. The van der Waals surface area contributed by atoms with Crippen LogP contribution in [0.25, 0.3) is 33.5 Å². The van der Waals surface area contributed by atoms with Gasteiger partial charge in [0.05, 0.1) is 11.4 Å². The zero-order valence-corrected chi connectivity index (χ0v) is 30.1. The van der Waals surface area contributed by atoms with E-state index in [4.69, 9.17) is 9.97 Å². The molecule has 0 saturated heterocycles. The molecule has 0 saturated carbocycles. The molecule has 0 fully saturated rings. The van der Waals surface area contributed by atoms with Gasteiger partial charge in [-0.05, 0) is 62.4 Å². The smallest absolute Gasteiger partial charge is 0.105 e. The van der Waals surface area contributed by atoms with Crippen LogP contribution in [-0.4, -0.2) is 9.97 Å². The highest BCUT2D eigenvalue weighted by atomic mass is 79.9. The van der Waals surface area contributed by atoms with Crippen molar-refractivity contribution in [1.82, 2.24) is 9.97 Å². The minimum absolute atomic E-state index is 0.868. The first-order valence-electron chi connectivity index (χ1n) is 17.5. The maximum atomic E-state index is 5.13. The van der Waals surface area contributed by atoms with Gasteiger partial charge in [-0.2, -0.15) is 0 Å². The molecule has 0 aliphatic rings. The first kappa shape index (κ1) is 34.8. The molecule has 3 aromatic carbocycles. The van der Waals surface area contributed by atoms with E-state index in [1.165, 1.54) is 121 Å². The first-order chi connectivity index (χ1) is 21.7. The van der Waals surface area contributed by atoms with E-state index in [0.717, 1.165) is 48.9 Å². The van der Waals surface area contributed by atoms with Crippen LogP contribution in [0.1, 0.15) is 128 Å². The van der Waals surface area contributed by atoms with Gasteiger partial charge in [-0.3, -0.25) is 0 Å². The molecule has 0 amide bonds. The van der Waals surface area contributed by atoms with Gasteiger partial charge in [-0.15, -0.1) is 0 Å². The van der Waals surface area contributed by atoms with Crippen molar-refractivity contribution in [2.75, 3.05) is 0 Å². The number of aromatic nitrogens is 2. The summed E-state index contributed by atoms with van der Waals surface area (Å²) in [6, 6.07) is 23.4. The number of nitrogens with zero attached hydrogens (tertiary/aromatic N) is 2. The van der Waals surface area contributed by atoms with E-state index in [-0.39, 0.29) is 0 Å². The molecule has 44 heavy (non-hydrogen) atoms. The molecule has 4 heteroatoms. The summed E-state index contributed by atoms with van der Waals surface area (Å²) in [5, 5.41) is 0. The van der Waals surface area contributed by atoms with Crippen molar-refractivity contribution in [3.8, 4) is 22.5 Å². The predicted molar refractivity (Wildman–Crippen MR) is 198 cm³/mol. The highest BCUT2D eigenvalue weighted by Gasteiger charge is 2.16. The number of hydrogen-bond donors (Lipinski definition) is 0. The second-order valence-electron chi connectivity index (χ2n) is 12.5. The predicted octanol–water partition coefficient (Wildman–Crippen LogP) is 14.1. The SMILES string of the molecule is CCCCCCCCCCCCCCCCCCCCc1ccc(-c2nc3c(Br)ccc(Br)c3nc2-c2ccccc2)cc1. The standard InChI is InChI=1S/C40H52Br2N2/c1-2-3-4-5-6-7-8-9-10-11-12-13-14-15-16-17-18-20-23-32-26-28-34(29-27-32)38-37(33-24-21-19-22-25-33)43-39-35(41)30-31-36(42)40(39)44-38/h19,21-22,24-31H,2-18,20,23H2,1H3. The summed E-state index contributed by atoms with van der Waals surface area (Å²) in [4.78, 5) is 10.2. The summed E-state index contributed by atoms with van der Waals surface area (Å²) < 4.78 is 1.90. The van der Waals surface area contributed by atoms with E-state index >= 15 is 0 Å². The van der Waals surface area contributed by atoms with Crippen molar-refractivity contribution in [1.29, 1.82) is 0 Å². The van der Waals surface area contributed by atoms with Crippen molar-refractivity contribution in [3.63, 3.8) is 0 Å². The van der Waals surface area contributed by atoms with Gasteiger partial charge in [-0.25, -0.2) is 9.97 Å². The fraction of sp³-hybridized carbons (Fsp3) is 0.500. The molecule has 0 radical (unpaired) electrons. The zero-order valence-electron chi connectivity index (χ0n) is 26.9. The molecule has 0 spiro atoms. The van der Waals surface area contributed by atoms with Gasteiger partial charge in [0, 0.05) is 20.1 Å². The van der Waals surface area contributed by atoms with Gasteiger partial charge in [-0.1, -0.05) is 171 Å². The van der Waals surface area contributed by atoms with Crippen LogP contribution in [-0.2, 0) is 6.42 Å². The number of rotatable bonds is 21. The lowest BCUT2D eigenvalue weighted by Crippen LogP contribution is -1.97. The monoisotopic (exact) mass is 718 g/mol. The van der Waals surface area contributed by atoms with E-state index in [9.17, 15) is 0 Å². The Labute approximate surface area is 284 Å². The van der Waals surface area contributed by atoms with Crippen molar-refractivity contribution >= 4 is 42.9 Å². The minimum atomic E-state index is 0.868. The molecule has 0 N–H and O–H groups in total. The van der Waals surface area contributed by atoms with Crippen molar-refractivity contribution in [2.24, 2.45) is 0 Å². The Morgan fingerprint density at radius 3 is 1.25 bits per heavy atom. The number of benzene rings is 3. The summed E-state index contributed by atoms with van der Waals surface area (Å²) >= 11 is 7.36. The first-order valence-corrected chi connectivity index (χ1v) is 19.1. The second kappa shape index (κ2) is 20.2. The lowest BCUT2D eigenvalue weighted by molar-refractivity contribution is 0.525. The van der Waals surface area contributed by atoms with Crippen LogP contribution < -0.4 is 0 Å². The van der Waals surface area contributed by atoms with E-state index in [0.29, 0.717) is 0 Å². The quantitative estimate of drug-likeness (QED) is 0.0801. The molecular formula is C40H52Br2N2. The van der Waals surface area contributed by atoms with Crippen LogP contribution in [0.4, 0.5) is 0 Å². The van der Waals surface area contributed by atoms with Crippen molar-refractivity contribution < 1.29 is 0 Å². The molecule has 4 aromatic rings. The minimum Gasteiger partial charge on any atom is -0.243 e. The van der Waals surface area contributed by atoms with Gasteiger partial charge in [0.25, 0.3) is 0 Å². The van der Waals surface area contributed by atoms with Gasteiger partial charge in [0.2, 0.25) is 0 Å². The average Bonchev–Trinajstić information content (AvgIpc) is 3.06.